The third-order valence-electron chi connectivity index (χ3n) is 3.27. The predicted molar refractivity (Wildman–Crippen MR) is 73.2 cm³/mol. The summed E-state index contributed by atoms with van der Waals surface area (Å²) in [5, 5.41) is 9.51. The van der Waals surface area contributed by atoms with Crippen LogP contribution in [0.25, 0.3) is 11.5 Å². The summed E-state index contributed by atoms with van der Waals surface area (Å²) < 4.78 is 5.40. The van der Waals surface area contributed by atoms with Gasteiger partial charge in [-0.05, 0) is 23.4 Å². The molecule has 0 bridgehead atoms. The zero-order valence-electron chi connectivity index (χ0n) is 10.5. The summed E-state index contributed by atoms with van der Waals surface area (Å²) in [5.41, 5.74) is 1.85. The molecular formula is C13H11N5OS. The van der Waals surface area contributed by atoms with Crippen LogP contribution >= 0.6 is 11.3 Å². The molecule has 0 aliphatic carbocycles. The third-order valence-corrected chi connectivity index (χ3v) is 4.27. The minimum atomic E-state index is -0.0251. The number of hydrogen-bond donors (Lipinski definition) is 1. The summed E-state index contributed by atoms with van der Waals surface area (Å²) >= 11 is 1.77. The number of thiophene rings is 1. The Kier molecular flexibility index (Phi) is 2.79. The van der Waals surface area contributed by atoms with Crippen molar-refractivity contribution in [2.24, 2.45) is 0 Å². The molecule has 1 aliphatic rings. The fourth-order valence-corrected chi connectivity index (χ4v) is 3.26. The van der Waals surface area contributed by atoms with Gasteiger partial charge in [-0.3, -0.25) is 4.98 Å². The lowest BCUT2D eigenvalue weighted by Gasteiger charge is -2.20. The van der Waals surface area contributed by atoms with E-state index in [4.69, 9.17) is 4.52 Å². The van der Waals surface area contributed by atoms with E-state index in [0.717, 1.165) is 13.0 Å². The number of fused-ring (bicyclic) bond motifs is 1. The van der Waals surface area contributed by atoms with Crippen LogP contribution in [0, 0.1) is 0 Å². The number of hydrogen-bond acceptors (Lipinski definition) is 7. The van der Waals surface area contributed by atoms with Gasteiger partial charge in [0.15, 0.2) is 0 Å². The second-order valence-corrected chi connectivity index (χ2v) is 5.48. The van der Waals surface area contributed by atoms with Gasteiger partial charge in [0.05, 0.1) is 6.20 Å². The summed E-state index contributed by atoms with van der Waals surface area (Å²) in [6.45, 7) is 0.918. The Balaban J connectivity index is 1.70. The van der Waals surface area contributed by atoms with Crippen molar-refractivity contribution >= 4 is 11.3 Å². The van der Waals surface area contributed by atoms with Crippen LogP contribution in [0.15, 0.2) is 34.6 Å². The van der Waals surface area contributed by atoms with Gasteiger partial charge in [0, 0.05) is 23.8 Å². The smallest absolute Gasteiger partial charge is 0.248 e. The van der Waals surface area contributed by atoms with E-state index < -0.39 is 0 Å². The van der Waals surface area contributed by atoms with E-state index in [1.165, 1.54) is 10.4 Å². The highest BCUT2D eigenvalue weighted by atomic mass is 32.1. The maximum atomic E-state index is 5.40. The molecule has 0 aromatic carbocycles. The van der Waals surface area contributed by atoms with E-state index in [-0.39, 0.29) is 6.04 Å². The quantitative estimate of drug-likeness (QED) is 0.774. The average molecular weight is 285 g/mol. The van der Waals surface area contributed by atoms with Crippen molar-refractivity contribution in [1.82, 2.24) is 25.4 Å². The van der Waals surface area contributed by atoms with Crippen LogP contribution in [-0.2, 0) is 6.42 Å². The van der Waals surface area contributed by atoms with Crippen molar-refractivity contribution in [3.63, 3.8) is 0 Å². The summed E-state index contributed by atoms with van der Waals surface area (Å²) in [5.74, 6) is 1.04. The second kappa shape index (κ2) is 4.77. The highest BCUT2D eigenvalue weighted by molar-refractivity contribution is 7.10. The van der Waals surface area contributed by atoms with Crippen LogP contribution in [0.2, 0.25) is 0 Å². The Morgan fingerprint density at radius 3 is 3.25 bits per heavy atom. The van der Waals surface area contributed by atoms with Crippen molar-refractivity contribution < 1.29 is 4.52 Å². The van der Waals surface area contributed by atoms with Crippen LogP contribution in [0.5, 0.6) is 0 Å². The summed E-state index contributed by atoms with van der Waals surface area (Å²) in [4.78, 5) is 14.0. The minimum Gasteiger partial charge on any atom is -0.337 e. The van der Waals surface area contributed by atoms with E-state index in [1.54, 1.807) is 29.9 Å². The van der Waals surface area contributed by atoms with Crippen molar-refractivity contribution in [3.05, 3.63) is 46.4 Å². The van der Waals surface area contributed by atoms with Gasteiger partial charge in [0.2, 0.25) is 11.7 Å². The zero-order valence-corrected chi connectivity index (χ0v) is 11.3. The summed E-state index contributed by atoms with van der Waals surface area (Å²) in [6.07, 6.45) is 5.90. The van der Waals surface area contributed by atoms with E-state index in [0.29, 0.717) is 17.4 Å². The lowest BCUT2D eigenvalue weighted by atomic mass is 10.0. The van der Waals surface area contributed by atoms with Gasteiger partial charge in [0.25, 0.3) is 0 Å². The number of aromatic nitrogens is 4. The van der Waals surface area contributed by atoms with Crippen molar-refractivity contribution in [2.75, 3.05) is 6.54 Å². The molecule has 100 valence electrons. The summed E-state index contributed by atoms with van der Waals surface area (Å²) in [7, 11) is 0. The molecule has 0 radical (unpaired) electrons. The molecule has 4 heterocycles. The van der Waals surface area contributed by atoms with Crippen LogP contribution < -0.4 is 5.32 Å². The standard InChI is InChI=1S/C13H11N5OS/c1-3-16-11(8-2-6-20-10(1)8)13-17-12(18-19-13)9-7-14-4-5-15-9/h2,4-7,11,16H,1,3H2. The molecule has 0 fully saturated rings. The van der Waals surface area contributed by atoms with Gasteiger partial charge >= 0.3 is 0 Å². The first kappa shape index (κ1) is 11.7. The molecule has 3 aromatic heterocycles. The van der Waals surface area contributed by atoms with Crippen LogP contribution in [0.3, 0.4) is 0 Å². The van der Waals surface area contributed by atoms with E-state index in [9.17, 15) is 0 Å². The van der Waals surface area contributed by atoms with Crippen molar-refractivity contribution in [2.45, 2.75) is 12.5 Å². The number of nitrogens with zero attached hydrogens (tertiary/aromatic N) is 4. The average Bonchev–Trinajstić information content (AvgIpc) is 3.17. The Bertz CT molecular complexity index is 723. The Morgan fingerprint density at radius 1 is 1.35 bits per heavy atom. The SMILES string of the molecule is c1cnc(-c2noc(C3NCCc4sccc43)n2)cn1. The molecule has 0 saturated carbocycles. The molecule has 0 spiro atoms. The lowest BCUT2D eigenvalue weighted by Crippen LogP contribution is -2.29. The van der Waals surface area contributed by atoms with E-state index >= 15 is 0 Å². The monoisotopic (exact) mass is 285 g/mol. The van der Waals surface area contributed by atoms with Gasteiger partial charge < -0.3 is 9.84 Å². The normalized spacial score (nSPS) is 17.9. The molecule has 1 aliphatic heterocycles. The first-order valence-corrected chi connectivity index (χ1v) is 7.19. The van der Waals surface area contributed by atoms with Gasteiger partial charge in [-0.2, -0.15) is 4.98 Å². The first-order chi connectivity index (χ1) is 9.92. The molecule has 1 N–H and O–H groups in total. The third kappa shape index (κ3) is 1.91. The number of rotatable bonds is 2. The van der Waals surface area contributed by atoms with Gasteiger partial charge in [-0.1, -0.05) is 5.16 Å². The molecule has 3 aromatic rings. The van der Waals surface area contributed by atoms with Crippen molar-refractivity contribution in [1.29, 1.82) is 0 Å². The topological polar surface area (TPSA) is 76.7 Å². The number of nitrogens with one attached hydrogen (secondary N) is 1. The summed E-state index contributed by atoms with van der Waals surface area (Å²) in [6, 6.07) is 2.09. The van der Waals surface area contributed by atoms with Gasteiger partial charge in [-0.25, -0.2) is 4.98 Å². The fraction of sp³-hybridized carbons (Fsp3) is 0.231. The molecule has 0 saturated heterocycles. The molecular weight excluding hydrogens is 274 g/mol. The van der Waals surface area contributed by atoms with E-state index in [1.807, 2.05) is 0 Å². The van der Waals surface area contributed by atoms with Gasteiger partial charge in [-0.15, -0.1) is 11.3 Å². The predicted octanol–water partition coefficient (Wildman–Crippen LogP) is 1.82. The van der Waals surface area contributed by atoms with Crippen molar-refractivity contribution in [3.8, 4) is 11.5 Å². The zero-order chi connectivity index (χ0) is 13.4. The first-order valence-electron chi connectivity index (χ1n) is 6.31. The van der Waals surface area contributed by atoms with Gasteiger partial charge in [0.1, 0.15) is 11.7 Å². The molecule has 4 rings (SSSR count). The largest absolute Gasteiger partial charge is 0.337 e. The van der Waals surface area contributed by atoms with Crippen LogP contribution in [0.1, 0.15) is 22.4 Å². The van der Waals surface area contributed by atoms with Crippen LogP contribution in [-0.4, -0.2) is 26.7 Å². The molecule has 1 atom stereocenters. The molecule has 0 amide bonds. The molecule has 7 heteroatoms. The molecule has 6 nitrogen and oxygen atoms in total. The maximum Gasteiger partial charge on any atom is 0.248 e. The highest BCUT2D eigenvalue weighted by Crippen LogP contribution is 2.31. The minimum absolute atomic E-state index is 0.0251. The Hall–Kier alpha value is -2.12. The maximum absolute atomic E-state index is 5.40. The molecule has 1 unspecified atom stereocenters. The molecule has 20 heavy (non-hydrogen) atoms. The highest BCUT2D eigenvalue weighted by Gasteiger charge is 2.27. The fourth-order valence-electron chi connectivity index (χ4n) is 2.34. The van der Waals surface area contributed by atoms with E-state index in [2.05, 4.69) is 36.9 Å². The second-order valence-electron chi connectivity index (χ2n) is 4.48. The van der Waals surface area contributed by atoms with Crippen LogP contribution in [0.4, 0.5) is 0 Å². The Morgan fingerprint density at radius 2 is 2.35 bits per heavy atom. The Labute approximate surface area is 118 Å². The lowest BCUT2D eigenvalue weighted by molar-refractivity contribution is 0.344.